The fourth-order valence-electron chi connectivity index (χ4n) is 3.22. The lowest BCUT2D eigenvalue weighted by Gasteiger charge is -2.29. The molecule has 2 heterocycles. The number of nitrogens with one attached hydrogen (secondary N) is 1. The Labute approximate surface area is 185 Å². The molecule has 9 heteroatoms. The molecule has 1 aliphatic rings. The lowest BCUT2D eigenvalue weighted by molar-refractivity contribution is 0.0521. The van der Waals surface area contributed by atoms with E-state index in [9.17, 15) is 13.2 Å². The van der Waals surface area contributed by atoms with Crippen LogP contribution in [0.25, 0.3) is 0 Å². The van der Waals surface area contributed by atoms with Crippen LogP contribution in [0.15, 0.2) is 70.9 Å². The van der Waals surface area contributed by atoms with Crippen molar-refractivity contribution in [2.75, 3.05) is 20.2 Å². The van der Waals surface area contributed by atoms with Crippen LogP contribution < -0.4 is 14.2 Å². The third-order valence-corrected chi connectivity index (χ3v) is 7.07. The summed E-state index contributed by atoms with van der Waals surface area (Å²) in [5.74, 6) is 1.03. The van der Waals surface area contributed by atoms with Crippen LogP contribution in [-0.4, -0.2) is 45.5 Å². The van der Waals surface area contributed by atoms with Crippen molar-refractivity contribution in [3.05, 3.63) is 76.5 Å². The van der Waals surface area contributed by atoms with E-state index >= 15 is 0 Å². The molecule has 0 fully saturated rings. The standard InChI is InChI=1S/C22H22N2O5S2/c1-24(14-17-15-28-20-9-2-3-10-21(20)29-17)22(25)16-6-4-8-19(12-16)31(26,27)23-13-18-7-5-11-30-18/h2-12,17,23H,13-15H2,1H3/t17-/m1/s1. The second-order valence-corrected chi connectivity index (χ2v) is 9.91. The van der Waals surface area contributed by atoms with E-state index in [1.54, 1.807) is 19.2 Å². The van der Waals surface area contributed by atoms with Crippen LogP contribution in [0.2, 0.25) is 0 Å². The van der Waals surface area contributed by atoms with Gasteiger partial charge in [-0.25, -0.2) is 13.1 Å². The van der Waals surface area contributed by atoms with Crippen molar-refractivity contribution in [3.8, 4) is 11.5 Å². The fraction of sp³-hybridized carbons (Fsp3) is 0.227. The van der Waals surface area contributed by atoms with E-state index in [1.165, 1.54) is 28.4 Å². The molecule has 2 aromatic carbocycles. The minimum atomic E-state index is -3.74. The van der Waals surface area contributed by atoms with Gasteiger partial charge in [-0.15, -0.1) is 11.3 Å². The molecule has 162 valence electrons. The van der Waals surface area contributed by atoms with Crippen LogP contribution in [0.4, 0.5) is 0 Å². The van der Waals surface area contributed by atoms with Crippen LogP contribution in [0.1, 0.15) is 15.2 Å². The first-order chi connectivity index (χ1) is 14.9. The Morgan fingerprint density at radius 2 is 1.94 bits per heavy atom. The predicted octanol–water partition coefficient (Wildman–Crippen LogP) is 3.14. The summed E-state index contributed by atoms with van der Waals surface area (Å²) >= 11 is 1.47. The first kappa shape index (κ1) is 21.4. The minimum Gasteiger partial charge on any atom is -0.486 e. The zero-order chi connectivity index (χ0) is 21.8. The number of thiophene rings is 1. The molecule has 1 aromatic heterocycles. The first-order valence-corrected chi connectivity index (χ1v) is 12.0. The van der Waals surface area contributed by atoms with Crippen LogP contribution in [0, 0.1) is 0 Å². The molecule has 0 unspecified atom stereocenters. The van der Waals surface area contributed by atoms with Crippen molar-refractivity contribution >= 4 is 27.3 Å². The number of carbonyl (C=O) groups is 1. The first-order valence-electron chi connectivity index (χ1n) is 9.68. The third kappa shape index (κ3) is 5.07. The summed E-state index contributed by atoms with van der Waals surface area (Å²) in [5, 5.41) is 1.89. The van der Waals surface area contributed by atoms with Crippen molar-refractivity contribution in [2.24, 2.45) is 0 Å². The molecule has 0 saturated heterocycles. The number of likely N-dealkylation sites (N-methyl/N-ethyl adjacent to an activating group) is 1. The van der Waals surface area contributed by atoms with Crippen molar-refractivity contribution in [1.29, 1.82) is 0 Å². The summed E-state index contributed by atoms with van der Waals surface area (Å²) in [7, 11) is -2.08. The van der Waals surface area contributed by atoms with Gasteiger partial charge in [-0.3, -0.25) is 4.79 Å². The highest BCUT2D eigenvalue weighted by atomic mass is 32.2. The summed E-state index contributed by atoms with van der Waals surface area (Å²) in [5.41, 5.74) is 0.290. The van der Waals surface area contributed by atoms with Gasteiger partial charge in [0.25, 0.3) is 5.91 Å². The van der Waals surface area contributed by atoms with Crippen LogP contribution in [0.5, 0.6) is 11.5 Å². The maximum absolute atomic E-state index is 12.9. The highest BCUT2D eigenvalue weighted by Gasteiger charge is 2.25. The summed E-state index contributed by atoms with van der Waals surface area (Å²) in [6.45, 7) is 0.842. The fourth-order valence-corrected chi connectivity index (χ4v) is 5.01. The summed E-state index contributed by atoms with van der Waals surface area (Å²) in [6.07, 6.45) is -0.316. The van der Waals surface area contributed by atoms with Gasteiger partial charge in [-0.05, 0) is 41.8 Å². The number of para-hydroxylation sites is 2. The number of sulfonamides is 1. The Morgan fingerprint density at radius 3 is 2.71 bits per heavy atom. The van der Waals surface area contributed by atoms with E-state index < -0.39 is 10.0 Å². The smallest absolute Gasteiger partial charge is 0.253 e. The van der Waals surface area contributed by atoms with Gasteiger partial charge >= 0.3 is 0 Å². The number of carbonyl (C=O) groups excluding carboxylic acids is 1. The van der Waals surface area contributed by atoms with E-state index in [-0.39, 0.29) is 23.5 Å². The molecule has 1 atom stereocenters. The maximum atomic E-state index is 12.9. The molecule has 3 aromatic rings. The number of ether oxygens (including phenoxy) is 2. The number of hydrogen-bond donors (Lipinski definition) is 1. The number of amides is 1. The number of nitrogens with zero attached hydrogens (tertiary/aromatic N) is 1. The van der Waals surface area contributed by atoms with Crippen molar-refractivity contribution in [2.45, 2.75) is 17.5 Å². The van der Waals surface area contributed by atoms with Crippen LogP contribution in [-0.2, 0) is 16.6 Å². The Hall–Kier alpha value is -2.88. The summed E-state index contributed by atoms with van der Waals surface area (Å²) < 4.78 is 39.4. The Bertz CT molecular complexity index is 1160. The lowest BCUT2D eigenvalue weighted by atomic mass is 10.2. The average Bonchev–Trinajstić information content (AvgIpc) is 3.31. The van der Waals surface area contributed by atoms with E-state index in [1.807, 2.05) is 41.8 Å². The molecule has 1 aliphatic heterocycles. The van der Waals surface area contributed by atoms with E-state index in [0.29, 0.717) is 30.2 Å². The maximum Gasteiger partial charge on any atom is 0.253 e. The summed E-state index contributed by atoms with van der Waals surface area (Å²) in [6, 6.07) is 17.1. The lowest BCUT2D eigenvalue weighted by Crippen LogP contribution is -2.41. The normalized spacial score (nSPS) is 15.5. The largest absolute Gasteiger partial charge is 0.486 e. The van der Waals surface area contributed by atoms with E-state index in [4.69, 9.17) is 9.47 Å². The van der Waals surface area contributed by atoms with Gasteiger partial charge in [0.2, 0.25) is 10.0 Å². The quantitative estimate of drug-likeness (QED) is 0.588. The zero-order valence-corrected chi connectivity index (χ0v) is 18.5. The van der Waals surface area contributed by atoms with Gasteiger partial charge in [0.1, 0.15) is 6.61 Å². The molecular formula is C22H22N2O5S2. The number of benzene rings is 2. The molecule has 7 nitrogen and oxygen atoms in total. The van der Waals surface area contributed by atoms with E-state index in [2.05, 4.69) is 4.72 Å². The third-order valence-electron chi connectivity index (χ3n) is 4.80. The Kier molecular flexibility index (Phi) is 6.26. The minimum absolute atomic E-state index is 0.0504. The van der Waals surface area contributed by atoms with Gasteiger partial charge in [0, 0.05) is 24.0 Å². The predicted molar refractivity (Wildman–Crippen MR) is 118 cm³/mol. The van der Waals surface area contributed by atoms with Gasteiger partial charge in [0.05, 0.1) is 11.4 Å². The second-order valence-electron chi connectivity index (χ2n) is 7.12. The second kappa shape index (κ2) is 9.09. The molecule has 0 radical (unpaired) electrons. The molecule has 1 N–H and O–H groups in total. The Morgan fingerprint density at radius 1 is 1.13 bits per heavy atom. The number of rotatable bonds is 7. The highest BCUT2D eigenvalue weighted by Crippen LogP contribution is 2.31. The van der Waals surface area contributed by atoms with Crippen molar-refractivity contribution < 1.29 is 22.7 Å². The molecule has 0 spiro atoms. The Balaban J connectivity index is 1.41. The highest BCUT2D eigenvalue weighted by molar-refractivity contribution is 7.89. The zero-order valence-electron chi connectivity index (χ0n) is 16.9. The average molecular weight is 459 g/mol. The molecule has 0 saturated carbocycles. The molecule has 0 bridgehead atoms. The topological polar surface area (TPSA) is 84.9 Å². The van der Waals surface area contributed by atoms with Gasteiger partial charge in [-0.1, -0.05) is 24.3 Å². The van der Waals surface area contributed by atoms with Gasteiger partial charge in [0.15, 0.2) is 17.6 Å². The van der Waals surface area contributed by atoms with Gasteiger partial charge < -0.3 is 14.4 Å². The van der Waals surface area contributed by atoms with Crippen LogP contribution in [0.3, 0.4) is 0 Å². The van der Waals surface area contributed by atoms with Crippen molar-refractivity contribution in [3.63, 3.8) is 0 Å². The molecule has 1 amide bonds. The van der Waals surface area contributed by atoms with Gasteiger partial charge in [-0.2, -0.15) is 0 Å². The van der Waals surface area contributed by atoms with Crippen molar-refractivity contribution in [1.82, 2.24) is 9.62 Å². The molecule has 0 aliphatic carbocycles. The SMILES string of the molecule is CN(C[C@@H]1COc2ccccc2O1)C(=O)c1cccc(S(=O)(=O)NCc2cccs2)c1. The monoisotopic (exact) mass is 458 g/mol. The number of fused-ring (bicyclic) bond motifs is 1. The van der Waals surface area contributed by atoms with Crippen LogP contribution >= 0.6 is 11.3 Å². The molecule has 4 rings (SSSR count). The summed E-state index contributed by atoms with van der Waals surface area (Å²) in [4.78, 5) is 15.4. The van der Waals surface area contributed by atoms with E-state index in [0.717, 1.165) is 4.88 Å². The molecular weight excluding hydrogens is 436 g/mol. The molecule has 31 heavy (non-hydrogen) atoms. The number of hydrogen-bond acceptors (Lipinski definition) is 6.